The number of piperidine rings is 1. The van der Waals surface area contributed by atoms with Crippen molar-refractivity contribution in [2.75, 3.05) is 23.7 Å². The molecule has 2 fully saturated rings. The van der Waals surface area contributed by atoms with E-state index < -0.39 is 26.8 Å². The highest BCUT2D eigenvalue weighted by atomic mass is 32.2. The summed E-state index contributed by atoms with van der Waals surface area (Å²) in [5.41, 5.74) is 1.54. The summed E-state index contributed by atoms with van der Waals surface area (Å²) in [5.74, 6) is 0.113. The SMILES string of the molecule is N#Cc1c(-c2ccccc2)nc(SCC(=O)NC2CCCC2)nc1N1CCC(Oc2no[n+]([O-])c2S(=O)(=O)c2ccccc2)CC1. The summed E-state index contributed by atoms with van der Waals surface area (Å²) in [6.45, 7) is 0.819. The topological polar surface area (TPSA) is 178 Å². The molecule has 1 amide bonds. The van der Waals surface area contributed by atoms with Crippen LogP contribution in [0.25, 0.3) is 11.3 Å². The van der Waals surface area contributed by atoms with Crippen molar-refractivity contribution < 1.29 is 27.5 Å². The molecule has 238 valence electrons. The number of nitriles is 1. The first kappa shape index (κ1) is 31.3. The van der Waals surface area contributed by atoms with Crippen molar-refractivity contribution in [1.82, 2.24) is 20.4 Å². The molecule has 13 nitrogen and oxygen atoms in total. The van der Waals surface area contributed by atoms with E-state index in [2.05, 4.69) is 21.2 Å². The van der Waals surface area contributed by atoms with E-state index in [1.807, 2.05) is 35.2 Å². The number of nitrogens with zero attached hydrogens (tertiary/aromatic N) is 6. The number of benzene rings is 2. The largest absolute Gasteiger partial charge is 0.451 e. The van der Waals surface area contributed by atoms with Gasteiger partial charge in [-0.3, -0.25) is 9.42 Å². The minimum atomic E-state index is -4.25. The van der Waals surface area contributed by atoms with Crippen LogP contribution >= 0.6 is 11.8 Å². The molecule has 3 heterocycles. The highest BCUT2D eigenvalue weighted by molar-refractivity contribution is 7.99. The normalized spacial score (nSPS) is 15.8. The van der Waals surface area contributed by atoms with Crippen molar-refractivity contribution in [2.45, 2.75) is 65.7 Å². The number of hydrogen-bond acceptors (Lipinski definition) is 12. The number of rotatable bonds is 10. The fraction of sp³-hybridized carbons (Fsp3) is 0.355. The molecule has 2 aromatic heterocycles. The van der Waals surface area contributed by atoms with Gasteiger partial charge in [-0.15, -0.1) is 0 Å². The predicted molar refractivity (Wildman–Crippen MR) is 167 cm³/mol. The van der Waals surface area contributed by atoms with Crippen LogP contribution in [0.1, 0.15) is 44.1 Å². The first-order valence-corrected chi connectivity index (χ1v) is 17.4. The summed E-state index contributed by atoms with van der Waals surface area (Å²) in [6.07, 6.45) is 4.56. The van der Waals surface area contributed by atoms with E-state index in [0.717, 1.165) is 31.2 Å². The zero-order valence-electron chi connectivity index (χ0n) is 24.7. The van der Waals surface area contributed by atoms with Crippen molar-refractivity contribution in [2.24, 2.45) is 0 Å². The number of carbonyl (C=O) groups excluding carboxylic acids is 1. The number of amides is 1. The van der Waals surface area contributed by atoms with E-state index in [1.165, 1.54) is 23.9 Å². The van der Waals surface area contributed by atoms with Crippen molar-refractivity contribution in [1.29, 1.82) is 5.26 Å². The van der Waals surface area contributed by atoms with Crippen LogP contribution in [-0.2, 0) is 14.6 Å². The van der Waals surface area contributed by atoms with Gasteiger partial charge in [-0.2, -0.15) is 5.26 Å². The molecule has 6 rings (SSSR count). The third-order valence-electron chi connectivity index (χ3n) is 7.96. The van der Waals surface area contributed by atoms with Gasteiger partial charge in [0, 0.05) is 37.5 Å². The average molecular weight is 662 g/mol. The van der Waals surface area contributed by atoms with Gasteiger partial charge in [-0.25, -0.2) is 18.4 Å². The van der Waals surface area contributed by atoms with Crippen LogP contribution < -0.4 is 19.9 Å². The van der Waals surface area contributed by atoms with E-state index in [0.29, 0.717) is 48.2 Å². The van der Waals surface area contributed by atoms with Crippen molar-refractivity contribution in [3.05, 3.63) is 71.4 Å². The number of ether oxygens (including phenoxy) is 1. The summed E-state index contributed by atoms with van der Waals surface area (Å²) < 4.78 is 36.9. The second-order valence-electron chi connectivity index (χ2n) is 11.0. The van der Waals surface area contributed by atoms with Crippen LogP contribution in [0.15, 0.2) is 80.4 Å². The van der Waals surface area contributed by atoms with Gasteiger partial charge >= 0.3 is 10.9 Å². The lowest BCUT2D eigenvalue weighted by Crippen LogP contribution is -2.40. The predicted octanol–water partition coefficient (Wildman–Crippen LogP) is 3.67. The van der Waals surface area contributed by atoms with Gasteiger partial charge in [0.25, 0.3) is 9.84 Å². The Morgan fingerprint density at radius 3 is 2.41 bits per heavy atom. The Morgan fingerprint density at radius 1 is 1.07 bits per heavy atom. The van der Waals surface area contributed by atoms with Crippen LogP contribution in [0.2, 0.25) is 0 Å². The molecule has 1 N–H and O–H groups in total. The summed E-state index contributed by atoms with van der Waals surface area (Å²) in [5, 5.41) is 28.9. The summed E-state index contributed by atoms with van der Waals surface area (Å²) in [6, 6.07) is 19.3. The molecule has 15 heteroatoms. The Labute approximate surface area is 270 Å². The van der Waals surface area contributed by atoms with Crippen LogP contribution in [0.3, 0.4) is 0 Å². The zero-order chi connectivity index (χ0) is 32.1. The Balaban J connectivity index is 1.20. The molecule has 1 saturated heterocycles. The van der Waals surface area contributed by atoms with Crippen molar-refractivity contribution in [3.8, 4) is 23.2 Å². The van der Waals surface area contributed by atoms with Crippen LogP contribution in [0.4, 0.5) is 5.82 Å². The molecule has 2 aromatic carbocycles. The van der Waals surface area contributed by atoms with Gasteiger partial charge in [0.05, 0.1) is 21.5 Å². The Hall–Kier alpha value is -4.68. The van der Waals surface area contributed by atoms with Gasteiger partial charge in [0.15, 0.2) is 11.0 Å². The number of anilines is 1. The maximum Gasteiger partial charge on any atom is 0.415 e. The number of aromatic nitrogens is 4. The highest BCUT2D eigenvalue weighted by Gasteiger charge is 2.38. The van der Waals surface area contributed by atoms with Crippen LogP contribution in [0, 0.1) is 16.5 Å². The Kier molecular flexibility index (Phi) is 9.36. The summed E-state index contributed by atoms with van der Waals surface area (Å²) >= 11 is 1.22. The molecule has 0 bridgehead atoms. The Morgan fingerprint density at radius 2 is 1.74 bits per heavy atom. The van der Waals surface area contributed by atoms with Crippen molar-refractivity contribution >= 4 is 33.3 Å². The van der Waals surface area contributed by atoms with E-state index in [9.17, 15) is 23.7 Å². The molecular formula is C31H31N7O6S2. The second kappa shape index (κ2) is 13.8. The summed E-state index contributed by atoms with van der Waals surface area (Å²) in [4.78, 5) is 23.8. The first-order chi connectivity index (χ1) is 22.3. The maximum absolute atomic E-state index is 13.2. The van der Waals surface area contributed by atoms with Gasteiger partial charge in [0.1, 0.15) is 17.7 Å². The molecule has 1 saturated carbocycles. The molecule has 1 aliphatic carbocycles. The van der Waals surface area contributed by atoms with E-state index in [1.54, 1.807) is 18.2 Å². The fourth-order valence-electron chi connectivity index (χ4n) is 5.67. The molecule has 0 unspecified atom stereocenters. The number of hydrogen-bond donors (Lipinski definition) is 1. The molecule has 0 spiro atoms. The second-order valence-corrected chi connectivity index (χ2v) is 13.8. The van der Waals surface area contributed by atoms with Crippen LogP contribution in [0.5, 0.6) is 5.88 Å². The Bertz CT molecular complexity index is 1830. The van der Waals surface area contributed by atoms with Gasteiger partial charge < -0.3 is 20.2 Å². The fourth-order valence-corrected chi connectivity index (χ4v) is 7.60. The quantitative estimate of drug-likeness (QED) is 0.148. The molecule has 0 radical (unpaired) electrons. The monoisotopic (exact) mass is 661 g/mol. The maximum atomic E-state index is 13.2. The van der Waals surface area contributed by atoms with Crippen LogP contribution in [-0.4, -0.2) is 60.4 Å². The molecule has 4 aromatic rings. The molecular weight excluding hydrogens is 631 g/mol. The van der Waals surface area contributed by atoms with Gasteiger partial charge in [0.2, 0.25) is 5.91 Å². The van der Waals surface area contributed by atoms with E-state index in [-0.39, 0.29) is 27.5 Å². The number of sulfone groups is 1. The molecule has 46 heavy (non-hydrogen) atoms. The van der Waals surface area contributed by atoms with E-state index in [4.69, 9.17) is 14.7 Å². The smallest absolute Gasteiger partial charge is 0.415 e. The zero-order valence-corrected chi connectivity index (χ0v) is 26.4. The summed E-state index contributed by atoms with van der Waals surface area (Å²) in [7, 11) is -4.25. The number of nitrogens with one attached hydrogen (secondary N) is 1. The van der Waals surface area contributed by atoms with Gasteiger partial charge in [-0.05, 0) is 29.9 Å². The van der Waals surface area contributed by atoms with Gasteiger partial charge in [-0.1, -0.05) is 73.1 Å². The number of carbonyl (C=O) groups is 1. The van der Waals surface area contributed by atoms with E-state index >= 15 is 0 Å². The minimum Gasteiger partial charge on any atom is -0.451 e. The number of thioether (sulfide) groups is 1. The lowest BCUT2D eigenvalue weighted by atomic mass is 10.0. The lowest BCUT2D eigenvalue weighted by molar-refractivity contribution is -0.832. The first-order valence-electron chi connectivity index (χ1n) is 14.9. The van der Waals surface area contributed by atoms with Crippen molar-refractivity contribution in [3.63, 3.8) is 0 Å². The third-order valence-corrected chi connectivity index (χ3v) is 10.5. The third kappa shape index (κ3) is 6.77. The standard InChI is InChI=1S/C31H31N7O6S2/c32-19-25-27(21-9-3-1-4-10-21)34-31(45-20-26(39)33-22-11-7-8-12-22)35-28(25)37-17-15-23(16-18-37)43-29-30(38(40)44-36-29)46(41,42)24-13-5-2-6-14-24/h1-6,9-10,13-14,22-23H,7-8,11-12,15-18,20H2,(H,33,39). The minimum absolute atomic E-state index is 0.0773. The lowest BCUT2D eigenvalue weighted by Gasteiger charge is -2.32. The molecule has 2 aliphatic rings. The molecule has 1 aliphatic heterocycles. The average Bonchev–Trinajstić information content (AvgIpc) is 3.74. The highest BCUT2D eigenvalue weighted by Crippen LogP contribution is 2.33. The molecule has 0 atom stereocenters.